The summed E-state index contributed by atoms with van der Waals surface area (Å²) in [6.45, 7) is -0.814. The zero-order valence-electron chi connectivity index (χ0n) is 44.9. The SMILES string of the molecule is COc1ccc(Cc2cc([C@@]34OC[C@@](CO)(O3)[C@@H](O)[C@H](O)[C@H]4O)ccc2Cl)c(F)c1F.COc1ccc(Cc2cc([C@@]34OC[C@@](CO)(O3)[C@@H](OCc3ccccc3)[C@H](OCc3ccccc3)[C@H]4OCc3ccccc3)ccc2Cl)c(F)c1F. The molecule has 0 aromatic heterocycles. The average Bonchev–Trinajstić information content (AvgIpc) is 4.33. The first-order chi connectivity index (χ1) is 40.0. The molecule has 10 atom stereocenters. The Bertz CT molecular complexity index is 3380. The number of methoxy groups -OCH3 is 2. The van der Waals surface area contributed by atoms with Crippen LogP contribution in [0.3, 0.4) is 0 Å². The Kier molecular flexibility index (Phi) is 18.3. The van der Waals surface area contributed by atoms with Gasteiger partial charge in [-0.3, -0.25) is 0 Å². The summed E-state index contributed by atoms with van der Waals surface area (Å²) in [4.78, 5) is 0. The summed E-state index contributed by atoms with van der Waals surface area (Å²) in [6, 6.07) is 44.2. The molecule has 4 bridgehead atoms. The summed E-state index contributed by atoms with van der Waals surface area (Å²) in [7, 11) is 2.51. The second-order valence-corrected chi connectivity index (χ2v) is 21.5. The van der Waals surface area contributed by atoms with Crippen LogP contribution in [0.2, 0.25) is 10.0 Å². The van der Waals surface area contributed by atoms with Crippen molar-refractivity contribution in [2.24, 2.45) is 0 Å². The molecule has 4 aliphatic heterocycles. The Hall–Kier alpha value is -6.04. The maximum Gasteiger partial charge on any atom is 0.225 e. The molecule has 0 aliphatic carbocycles. The normalized spacial score (nSPS) is 27.0. The van der Waals surface area contributed by atoms with Crippen molar-refractivity contribution in [3.8, 4) is 11.5 Å². The second kappa shape index (κ2) is 25.3. The van der Waals surface area contributed by atoms with Crippen molar-refractivity contribution < 1.29 is 85.7 Å². The van der Waals surface area contributed by atoms with Gasteiger partial charge < -0.3 is 68.2 Å². The van der Waals surface area contributed by atoms with Crippen LogP contribution in [0.5, 0.6) is 11.5 Å². The van der Waals surface area contributed by atoms with Gasteiger partial charge in [0.15, 0.2) is 23.1 Å². The Morgan fingerprint density at radius 3 is 1.37 bits per heavy atom. The van der Waals surface area contributed by atoms with Gasteiger partial charge in [-0.1, -0.05) is 138 Å². The fourth-order valence-electron chi connectivity index (χ4n) is 11.0. The van der Waals surface area contributed by atoms with E-state index < -0.39 is 95.9 Å². The molecular formula is C63H60Cl2F4O14. The molecule has 0 spiro atoms. The summed E-state index contributed by atoms with van der Waals surface area (Å²) in [6.07, 6.45) is -7.64. The van der Waals surface area contributed by atoms with Crippen LogP contribution < -0.4 is 9.47 Å². The first kappa shape index (κ1) is 60.1. The van der Waals surface area contributed by atoms with Crippen molar-refractivity contribution in [1.29, 1.82) is 0 Å². The highest BCUT2D eigenvalue weighted by molar-refractivity contribution is 6.31. The largest absolute Gasteiger partial charge is 0.494 e. The number of ether oxygens (including phenoxy) is 9. The minimum absolute atomic E-state index is 0.0208. The standard InChI is InChI=1S/C42H39ClF2O7.C21H21ClF2O7/c1-47-35-20-17-31(36(44)37(35)45)21-32-22-33(18-19-34(32)43)42-40(50-25-30-15-9-4-10-16-30)38(48-23-28-11-5-2-6-12-28)39(41(26-46,52-42)27-51-42)49-24-29-13-7-3-8-14-29;1-29-14-5-2-10(15(23)16(14)24)6-11-7-12(3-4-13(11)22)21-19(28)17(26)18(27)20(8-25,31-21)9-30-21/h2-20,22,38-40,46H,21,23-27H2,1H3;2-5,7,17-19,25-28H,6,8-9H2,1H3/t38-,39-,40+,41+,42+;17-,18-,19+,20+,21+/m00/s1. The van der Waals surface area contributed by atoms with E-state index in [9.17, 15) is 38.7 Å². The second-order valence-electron chi connectivity index (χ2n) is 20.7. The van der Waals surface area contributed by atoms with Gasteiger partial charge in [0.25, 0.3) is 0 Å². The molecule has 4 saturated heterocycles. The van der Waals surface area contributed by atoms with Crippen molar-refractivity contribution in [2.45, 2.75) is 92.1 Å². The van der Waals surface area contributed by atoms with Crippen LogP contribution in [0.4, 0.5) is 17.6 Å². The van der Waals surface area contributed by atoms with E-state index in [0.29, 0.717) is 21.7 Å². The molecule has 83 heavy (non-hydrogen) atoms. The van der Waals surface area contributed by atoms with Crippen molar-refractivity contribution in [3.63, 3.8) is 0 Å². The third-order valence-electron chi connectivity index (χ3n) is 15.6. The van der Waals surface area contributed by atoms with Crippen LogP contribution in [0, 0.1) is 23.3 Å². The van der Waals surface area contributed by atoms with E-state index in [2.05, 4.69) is 0 Å². The summed E-state index contributed by atoms with van der Waals surface area (Å²) in [5.74, 6) is -8.24. The van der Waals surface area contributed by atoms with Crippen molar-refractivity contribution in [2.75, 3.05) is 40.6 Å². The van der Waals surface area contributed by atoms with Crippen molar-refractivity contribution in [1.82, 2.24) is 0 Å². The topological polar surface area (TPSA) is 184 Å². The Morgan fingerprint density at radius 2 is 0.904 bits per heavy atom. The molecule has 4 aliphatic rings. The van der Waals surface area contributed by atoms with Gasteiger partial charge in [-0.2, -0.15) is 8.78 Å². The predicted molar refractivity (Wildman–Crippen MR) is 294 cm³/mol. The monoisotopic (exact) mass is 1190 g/mol. The van der Waals surface area contributed by atoms with Gasteiger partial charge >= 0.3 is 0 Å². The van der Waals surface area contributed by atoms with Crippen LogP contribution in [0.25, 0.3) is 0 Å². The highest BCUT2D eigenvalue weighted by Gasteiger charge is 2.70. The first-order valence-corrected chi connectivity index (χ1v) is 27.3. The van der Waals surface area contributed by atoms with E-state index >= 15 is 4.39 Å². The lowest BCUT2D eigenvalue weighted by atomic mass is 9.83. The molecule has 0 amide bonds. The molecule has 7 aromatic carbocycles. The number of fused-ring (bicyclic) bond motifs is 4. The molecule has 0 saturated carbocycles. The molecule has 4 heterocycles. The summed E-state index contributed by atoms with van der Waals surface area (Å²) >= 11 is 13.0. The van der Waals surface area contributed by atoms with E-state index in [0.717, 1.165) is 16.7 Å². The minimum atomic E-state index is -1.88. The number of hydrogen-bond donors (Lipinski definition) is 5. The summed E-state index contributed by atoms with van der Waals surface area (Å²) < 4.78 is 113. The number of aliphatic hydroxyl groups is 5. The smallest absolute Gasteiger partial charge is 0.225 e. The lowest BCUT2D eigenvalue weighted by molar-refractivity contribution is -0.353. The first-order valence-electron chi connectivity index (χ1n) is 26.5. The quantitative estimate of drug-likeness (QED) is 0.0483. The number of aliphatic hydroxyl groups excluding tert-OH is 5. The van der Waals surface area contributed by atoms with E-state index in [1.807, 2.05) is 91.0 Å². The van der Waals surface area contributed by atoms with E-state index in [4.69, 9.17) is 65.8 Å². The van der Waals surface area contributed by atoms with Gasteiger partial charge in [-0.15, -0.1) is 0 Å². The van der Waals surface area contributed by atoms with Crippen LogP contribution in [-0.2, 0) is 77.4 Å². The van der Waals surface area contributed by atoms with E-state index in [1.54, 1.807) is 18.2 Å². The van der Waals surface area contributed by atoms with Crippen molar-refractivity contribution in [3.05, 3.63) is 235 Å². The van der Waals surface area contributed by atoms with Gasteiger partial charge in [0, 0.05) is 34.0 Å². The number of halogens is 6. The molecule has 0 unspecified atom stereocenters. The molecule has 14 nitrogen and oxygen atoms in total. The molecule has 438 valence electrons. The van der Waals surface area contributed by atoms with Crippen LogP contribution in [0.15, 0.2) is 152 Å². The van der Waals surface area contributed by atoms with Gasteiger partial charge in [0.1, 0.15) is 47.8 Å². The molecular weight excluding hydrogens is 1130 g/mol. The zero-order valence-corrected chi connectivity index (χ0v) is 46.5. The number of rotatable bonds is 19. The molecule has 11 rings (SSSR count). The third kappa shape index (κ3) is 11.6. The minimum Gasteiger partial charge on any atom is -0.494 e. The Morgan fingerprint density at radius 1 is 0.482 bits per heavy atom. The lowest BCUT2D eigenvalue weighted by Gasteiger charge is -2.50. The molecule has 5 N–H and O–H groups in total. The Balaban J connectivity index is 0.000000211. The fourth-order valence-corrected chi connectivity index (χ4v) is 11.4. The van der Waals surface area contributed by atoms with Crippen LogP contribution in [-0.4, -0.2) is 114 Å². The fraction of sp³-hybridized carbons (Fsp3) is 0.333. The van der Waals surface area contributed by atoms with Gasteiger partial charge in [-0.05, 0) is 75.3 Å². The molecule has 4 fully saturated rings. The summed E-state index contributed by atoms with van der Waals surface area (Å²) in [5, 5.41) is 52.6. The summed E-state index contributed by atoms with van der Waals surface area (Å²) in [5.41, 5.74) is 1.51. The van der Waals surface area contributed by atoms with Gasteiger partial charge in [-0.25, -0.2) is 8.78 Å². The average molecular weight is 1190 g/mol. The van der Waals surface area contributed by atoms with Crippen LogP contribution >= 0.6 is 23.2 Å². The molecule has 7 aromatic rings. The van der Waals surface area contributed by atoms with Crippen molar-refractivity contribution >= 4 is 23.2 Å². The predicted octanol–water partition coefficient (Wildman–Crippen LogP) is 9.16. The third-order valence-corrected chi connectivity index (χ3v) is 16.3. The number of benzene rings is 7. The number of hydrogen-bond acceptors (Lipinski definition) is 14. The maximum atomic E-state index is 15.2. The zero-order chi connectivity index (χ0) is 58.7. The van der Waals surface area contributed by atoms with Crippen LogP contribution in [0.1, 0.15) is 50.1 Å². The lowest BCUT2D eigenvalue weighted by Crippen LogP contribution is -2.67. The van der Waals surface area contributed by atoms with Gasteiger partial charge in [0.05, 0.1) is 60.5 Å². The molecule has 0 radical (unpaired) electrons. The Labute approximate surface area is 486 Å². The molecule has 20 heteroatoms. The van der Waals surface area contributed by atoms with E-state index in [-0.39, 0.29) is 79.1 Å². The highest BCUT2D eigenvalue weighted by Crippen LogP contribution is 2.54. The maximum absolute atomic E-state index is 15.2. The highest BCUT2D eigenvalue weighted by atomic mass is 35.5. The van der Waals surface area contributed by atoms with Gasteiger partial charge in [0.2, 0.25) is 23.2 Å². The van der Waals surface area contributed by atoms with E-state index in [1.165, 1.54) is 56.7 Å².